The molecule has 1 aromatic carbocycles. The standard InChI is InChI=1S/C17H26N2O4S/c1-12(2)14(9-10-24(21,22)23)11-18-15-7-5-6-8-16(15)19(13(3)4)17(18)20/h5-8,12-14H,9-11H2,1-4H3,(H,21,22,23). The second-order valence-corrected chi connectivity index (χ2v) is 8.50. The number of hydrogen-bond acceptors (Lipinski definition) is 3. The third-order valence-corrected chi connectivity index (χ3v) is 5.24. The first-order valence-corrected chi connectivity index (χ1v) is 9.87. The monoisotopic (exact) mass is 354 g/mol. The Morgan fingerprint density at radius 2 is 1.67 bits per heavy atom. The van der Waals surface area contributed by atoms with Gasteiger partial charge in [-0.3, -0.25) is 13.7 Å². The van der Waals surface area contributed by atoms with Gasteiger partial charge < -0.3 is 0 Å². The van der Waals surface area contributed by atoms with Crippen molar-refractivity contribution in [1.82, 2.24) is 9.13 Å². The van der Waals surface area contributed by atoms with Gasteiger partial charge >= 0.3 is 5.69 Å². The maximum absolute atomic E-state index is 12.8. The summed E-state index contributed by atoms with van der Waals surface area (Å²) in [7, 11) is -4.00. The minimum absolute atomic E-state index is 0.0176. The number of rotatable bonds is 7. The first-order valence-electron chi connectivity index (χ1n) is 8.26. The summed E-state index contributed by atoms with van der Waals surface area (Å²) in [5, 5.41) is 0. The zero-order valence-electron chi connectivity index (χ0n) is 14.6. The number of aromatic nitrogens is 2. The van der Waals surface area contributed by atoms with Crippen molar-refractivity contribution >= 4 is 21.2 Å². The smallest absolute Gasteiger partial charge is 0.292 e. The quantitative estimate of drug-likeness (QED) is 0.775. The van der Waals surface area contributed by atoms with Gasteiger partial charge in [-0.2, -0.15) is 8.42 Å². The van der Waals surface area contributed by atoms with Crippen LogP contribution in [-0.4, -0.2) is 27.9 Å². The van der Waals surface area contributed by atoms with E-state index in [1.807, 2.05) is 52.0 Å². The van der Waals surface area contributed by atoms with Crippen LogP contribution >= 0.6 is 0 Å². The minimum atomic E-state index is -4.00. The van der Waals surface area contributed by atoms with E-state index in [-0.39, 0.29) is 29.3 Å². The average molecular weight is 354 g/mol. The zero-order valence-corrected chi connectivity index (χ0v) is 15.5. The molecule has 1 N–H and O–H groups in total. The molecule has 0 amide bonds. The lowest BCUT2D eigenvalue weighted by molar-refractivity contribution is 0.321. The summed E-state index contributed by atoms with van der Waals surface area (Å²) >= 11 is 0. The Morgan fingerprint density at radius 3 is 2.17 bits per heavy atom. The first-order chi connectivity index (χ1) is 11.1. The largest absolute Gasteiger partial charge is 0.329 e. The number of imidazole rings is 1. The van der Waals surface area contributed by atoms with Crippen LogP contribution in [0.4, 0.5) is 0 Å². The van der Waals surface area contributed by atoms with Crippen molar-refractivity contribution in [2.45, 2.75) is 46.7 Å². The van der Waals surface area contributed by atoms with Crippen LogP contribution in [0.3, 0.4) is 0 Å². The molecule has 0 fully saturated rings. The molecule has 0 bridgehead atoms. The molecule has 0 saturated heterocycles. The normalized spacial score (nSPS) is 14.0. The predicted octanol–water partition coefficient (Wildman–Crippen LogP) is 2.93. The van der Waals surface area contributed by atoms with E-state index in [0.29, 0.717) is 13.0 Å². The van der Waals surface area contributed by atoms with Crippen LogP contribution in [-0.2, 0) is 16.7 Å². The van der Waals surface area contributed by atoms with Crippen LogP contribution in [0.15, 0.2) is 29.1 Å². The summed E-state index contributed by atoms with van der Waals surface area (Å²) in [6.07, 6.45) is 0.324. The minimum Gasteiger partial charge on any atom is -0.292 e. The number of nitrogens with zero attached hydrogens (tertiary/aromatic N) is 2. The third kappa shape index (κ3) is 4.08. The SMILES string of the molecule is CC(C)C(CCS(=O)(=O)O)Cn1c(=O)n(C(C)C)c2ccccc21. The molecule has 24 heavy (non-hydrogen) atoms. The fourth-order valence-electron chi connectivity index (χ4n) is 3.08. The topological polar surface area (TPSA) is 81.3 Å². The van der Waals surface area contributed by atoms with E-state index in [0.717, 1.165) is 11.0 Å². The molecule has 1 atom stereocenters. The third-order valence-electron chi connectivity index (χ3n) is 4.49. The van der Waals surface area contributed by atoms with Gasteiger partial charge in [0.2, 0.25) is 0 Å². The molecule has 1 aromatic heterocycles. The fraction of sp³-hybridized carbons (Fsp3) is 0.588. The van der Waals surface area contributed by atoms with Crippen molar-refractivity contribution in [3.63, 3.8) is 0 Å². The van der Waals surface area contributed by atoms with E-state index in [2.05, 4.69) is 0 Å². The van der Waals surface area contributed by atoms with E-state index in [1.54, 1.807) is 9.13 Å². The molecule has 1 unspecified atom stereocenters. The number of para-hydroxylation sites is 2. The van der Waals surface area contributed by atoms with Crippen molar-refractivity contribution in [2.24, 2.45) is 11.8 Å². The molecule has 0 saturated carbocycles. The Morgan fingerprint density at radius 1 is 1.08 bits per heavy atom. The summed E-state index contributed by atoms with van der Waals surface area (Å²) in [5.74, 6) is -0.108. The van der Waals surface area contributed by atoms with Crippen molar-refractivity contribution in [3.05, 3.63) is 34.7 Å². The lowest BCUT2D eigenvalue weighted by Crippen LogP contribution is -2.30. The molecule has 134 valence electrons. The van der Waals surface area contributed by atoms with Crippen LogP contribution in [0.2, 0.25) is 0 Å². The Hall–Kier alpha value is -1.60. The van der Waals surface area contributed by atoms with Crippen molar-refractivity contribution in [3.8, 4) is 0 Å². The summed E-state index contributed by atoms with van der Waals surface area (Å²) < 4.78 is 34.6. The van der Waals surface area contributed by atoms with Crippen LogP contribution < -0.4 is 5.69 Å². The summed E-state index contributed by atoms with van der Waals surface area (Å²) in [5.41, 5.74) is 1.66. The predicted molar refractivity (Wildman–Crippen MR) is 95.9 cm³/mol. The van der Waals surface area contributed by atoms with E-state index in [4.69, 9.17) is 4.55 Å². The summed E-state index contributed by atoms with van der Waals surface area (Å²) in [6.45, 7) is 8.38. The Labute approximate surface area is 142 Å². The van der Waals surface area contributed by atoms with Gasteiger partial charge in [-0.15, -0.1) is 0 Å². The van der Waals surface area contributed by atoms with Crippen LogP contribution in [0.5, 0.6) is 0 Å². The highest BCUT2D eigenvalue weighted by molar-refractivity contribution is 7.85. The molecular formula is C17H26N2O4S. The summed E-state index contributed by atoms with van der Waals surface area (Å²) in [6, 6.07) is 7.68. The summed E-state index contributed by atoms with van der Waals surface area (Å²) in [4.78, 5) is 12.8. The second-order valence-electron chi connectivity index (χ2n) is 6.92. The van der Waals surface area contributed by atoms with Gasteiger partial charge in [0.15, 0.2) is 0 Å². The maximum atomic E-state index is 12.8. The molecule has 0 aliphatic rings. The molecule has 2 rings (SSSR count). The van der Waals surface area contributed by atoms with Gasteiger partial charge in [-0.1, -0.05) is 26.0 Å². The lowest BCUT2D eigenvalue weighted by Gasteiger charge is -2.20. The van der Waals surface area contributed by atoms with E-state index < -0.39 is 10.1 Å². The van der Waals surface area contributed by atoms with Gasteiger partial charge in [0.1, 0.15) is 0 Å². The van der Waals surface area contributed by atoms with Crippen molar-refractivity contribution in [1.29, 1.82) is 0 Å². The van der Waals surface area contributed by atoms with E-state index in [9.17, 15) is 13.2 Å². The van der Waals surface area contributed by atoms with Crippen LogP contribution in [0.25, 0.3) is 11.0 Å². The van der Waals surface area contributed by atoms with E-state index >= 15 is 0 Å². The number of hydrogen-bond donors (Lipinski definition) is 1. The van der Waals surface area contributed by atoms with Crippen molar-refractivity contribution in [2.75, 3.05) is 5.75 Å². The van der Waals surface area contributed by atoms with Crippen molar-refractivity contribution < 1.29 is 13.0 Å². The molecule has 1 heterocycles. The highest BCUT2D eigenvalue weighted by Gasteiger charge is 2.21. The Kier molecular flexibility index (Phi) is 5.55. The maximum Gasteiger partial charge on any atom is 0.329 e. The first kappa shape index (κ1) is 18.7. The van der Waals surface area contributed by atoms with Gasteiger partial charge in [-0.05, 0) is 44.2 Å². The van der Waals surface area contributed by atoms with E-state index in [1.165, 1.54) is 0 Å². The van der Waals surface area contributed by atoms with Gasteiger partial charge in [-0.25, -0.2) is 4.79 Å². The average Bonchev–Trinajstić information content (AvgIpc) is 2.74. The Balaban J connectivity index is 2.44. The number of benzene rings is 1. The molecule has 2 aromatic rings. The van der Waals surface area contributed by atoms with Crippen LogP contribution in [0, 0.1) is 11.8 Å². The van der Waals surface area contributed by atoms with Gasteiger partial charge in [0.25, 0.3) is 10.1 Å². The fourth-order valence-corrected chi connectivity index (χ4v) is 3.68. The second kappa shape index (κ2) is 7.11. The lowest BCUT2D eigenvalue weighted by atomic mass is 9.93. The highest BCUT2D eigenvalue weighted by Crippen LogP contribution is 2.22. The zero-order chi connectivity index (χ0) is 18.1. The molecule has 0 aliphatic carbocycles. The molecule has 0 spiro atoms. The molecule has 6 nitrogen and oxygen atoms in total. The Bertz CT molecular complexity index is 862. The van der Waals surface area contributed by atoms with Gasteiger partial charge in [0.05, 0.1) is 16.8 Å². The molecule has 0 radical (unpaired) electrons. The highest BCUT2D eigenvalue weighted by atomic mass is 32.2. The van der Waals surface area contributed by atoms with Gasteiger partial charge in [0, 0.05) is 12.6 Å². The molecule has 0 aliphatic heterocycles. The molecule has 7 heteroatoms. The van der Waals surface area contributed by atoms with Crippen LogP contribution in [0.1, 0.15) is 40.2 Å². The number of fused-ring (bicyclic) bond motifs is 1. The molecular weight excluding hydrogens is 328 g/mol.